The van der Waals surface area contributed by atoms with Gasteiger partial charge in [-0.1, -0.05) is 39.7 Å². The van der Waals surface area contributed by atoms with Crippen molar-refractivity contribution in [1.82, 2.24) is 0 Å². The van der Waals surface area contributed by atoms with Gasteiger partial charge in [0.05, 0.1) is 21.2 Å². The van der Waals surface area contributed by atoms with E-state index in [1.165, 1.54) is 12.1 Å². The van der Waals surface area contributed by atoms with Crippen molar-refractivity contribution in [1.29, 1.82) is 0 Å². The van der Waals surface area contributed by atoms with Gasteiger partial charge in [-0.3, -0.25) is 0 Å². The molecule has 0 atom stereocenters. The standard InChI is InChI=1S/C14H10BrClO4S/c15-11-4-1-9(2-5-11)8-21(19,20)13-7-10(14(17)18)3-6-12(13)16/h1-7H,8H2,(H,17,18). The fourth-order valence-corrected chi connectivity index (χ4v) is 3.95. The zero-order chi connectivity index (χ0) is 15.6. The van der Waals surface area contributed by atoms with Crippen molar-refractivity contribution < 1.29 is 18.3 Å². The molecule has 0 radical (unpaired) electrons. The molecule has 0 saturated carbocycles. The van der Waals surface area contributed by atoms with E-state index < -0.39 is 15.8 Å². The minimum atomic E-state index is -3.72. The lowest BCUT2D eigenvalue weighted by molar-refractivity contribution is 0.0696. The van der Waals surface area contributed by atoms with Gasteiger partial charge in [0.15, 0.2) is 9.84 Å². The normalized spacial score (nSPS) is 11.3. The number of aromatic carboxylic acids is 1. The van der Waals surface area contributed by atoms with Crippen molar-refractivity contribution in [3.8, 4) is 0 Å². The van der Waals surface area contributed by atoms with Gasteiger partial charge in [-0.2, -0.15) is 0 Å². The average Bonchev–Trinajstić information content (AvgIpc) is 2.41. The molecular formula is C14H10BrClO4S. The molecule has 7 heteroatoms. The second kappa shape index (κ2) is 6.17. The first-order valence-corrected chi connectivity index (χ1v) is 8.62. The van der Waals surface area contributed by atoms with Crippen molar-refractivity contribution >= 4 is 43.3 Å². The summed E-state index contributed by atoms with van der Waals surface area (Å²) in [6, 6.07) is 10.5. The zero-order valence-electron chi connectivity index (χ0n) is 10.6. The van der Waals surface area contributed by atoms with Gasteiger partial charge in [0, 0.05) is 4.47 Å². The van der Waals surface area contributed by atoms with E-state index >= 15 is 0 Å². The molecular weight excluding hydrogens is 380 g/mol. The van der Waals surface area contributed by atoms with Gasteiger partial charge in [-0.15, -0.1) is 0 Å². The van der Waals surface area contributed by atoms with Crippen LogP contribution in [0.1, 0.15) is 15.9 Å². The molecule has 0 amide bonds. The Morgan fingerprint density at radius 2 is 1.76 bits per heavy atom. The highest BCUT2D eigenvalue weighted by Crippen LogP contribution is 2.26. The number of rotatable bonds is 4. The Kier molecular flexibility index (Phi) is 4.70. The summed E-state index contributed by atoms with van der Waals surface area (Å²) in [5.41, 5.74) is 0.476. The first-order valence-electron chi connectivity index (χ1n) is 5.79. The van der Waals surface area contributed by atoms with Crippen molar-refractivity contribution in [3.63, 3.8) is 0 Å². The second-order valence-electron chi connectivity index (χ2n) is 4.34. The molecule has 0 bridgehead atoms. The maximum atomic E-state index is 12.4. The summed E-state index contributed by atoms with van der Waals surface area (Å²) in [5.74, 6) is -1.45. The van der Waals surface area contributed by atoms with E-state index in [2.05, 4.69) is 15.9 Å². The van der Waals surface area contributed by atoms with E-state index in [-0.39, 0.29) is 21.2 Å². The maximum absolute atomic E-state index is 12.4. The van der Waals surface area contributed by atoms with Gasteiger partial charge in [0.25, 0.3) is 0 Å². The third-order valence-corrected chi connectivity index (χ3v) is 5.47. The third-order valence-electron chi connectivity index (χ3n) is 2.78. The smallest absolute Gasteiger partial charge is 0.335 e. The lowest BCUT2D eigenvalue weighted by atomic mass is 10.2. The van der Waals surface area contributed by atoms with Crippen molar-refractivity contribution in [2.75, 3.05) is 0 Å². The third kappa shape index (κ3) is 3.84. The van der Waals surface area contributed by atoms with Crippen LogP contribution in [0.4, 0.5) is 0 Å². The number of hydrogen-bond donors (Lipinski definition) is 1. The lowest BCUT2D eigenvalue weighted by Crippen LogP contribution is -2.07. The molecule has 0 aromatic heterocycles. The average molecular weight is 390 g/mol. The van der Waals surface area contributed by atoms with Gasteiger partial charge >= 0.3 is 5.97 Å². The molecule has 0 spiro atoms. The summed E-state index contributed by atoms with van der Waals surface area (Å²) >= 11 is 9.17. The predicted octanol–water partition coefficient (Wildman–Crippen LogP) is 3.77. The number of carboxylic acids is 1. The summed E-state index contributed by atoms with van der Waals surface area (Å²) in [6.07, 6.45) is 0. The topological polar surface area (TPSA) is 71.4 Å². The molecule has 21 heavy (non-hydrogen) atoms. The maximum Gasteiger partial charge on any atom is 0.335 e. The second-order valence-corrected chi connectivity index (χ2v) is 7.62. The van der Waals surface area contributed by atoms with Crippen LogP contribution in [0, 0.1) is 0 Å². The monoisotopic (exact) mass is 388 g/mol. The number of carboxylic acid groups (broad SMARTS) is 1. The van der Waals surface area contributed by atoms with Crippen molar-refractivity contribution in [2.45, 2.75) is 10.6 Å². The number of halogens is 2. The van der Waals surface area contributed by atoms with E-state index in [1.54, 1.807) is 24.3 Å². The Hall–Kier alpha value is -1.37. The molecule has 0 unspecified atom stereocenters. The molecule has 4 nitrogen and oxygen atoms in total. The first kappa shape index (κ1) is 16.0. The molecule has 110 valence electrons. The minimum absolute atomic E-state index is 0.0112. The zero-order valence-corrected chi connectivity index (χ0v) is 13.7. The van der Waals surface area contributed by atoms with Gasteiger partial charge in [0.1, 0.15) is 0 Å². The number of benzene rings is 2. The molecule has 2 aromatic rings. The van der Waals surface area contributed by atoms with E-state index in [4.69, 9.17) is 16.7 Å². The highest BCUT2D eigenvalue weighted by molar-refractivity contribution is 9.10. The Morgan fingerprint density at radius 1 is 1.14 bits per heavy atom. The first-order chi connectivity index (χ1) is 9.79. The molecule has 0 saturated heterocycles. The van der Waals surface area contributed by atoms with Crippen LogP contribution in [-0.4, -0.2) is 19.5 Å². The summed E-state index contributed by atoms with van der Waals surface area (Å²) < 4.78 is 25.6. The predicted molar refractivity (Wildman–Crippen MR) is 83.4 cm³/mol. The molecule has 2 rings (SSSR count). The van der Waals surface area contributed by atoms with Crippen LogP contribution in [0.3, 0.4) is 0 Å². The number of hydrogen-bond acceptors (Lipinski definition) is 3. The molecule has 2 aromatic carbocycles. The summed E-state index contributed by atoms with van der Waals surface area (Å²) in [4.78, 5) is 10.8. The largest absolute Gasteiger partial charge is 0.478 e. The van der Waals surface area contributed by atoms with Crippen molar-refractivity contribution in [3.05, 3.63) is 63.1 Å². The highest BCUT2D eigenvalue weighted by Gasteiger charge is 2.20. The molecule has 0 aliphatic rings. The van der Waals surface area contributed by atoms with Crippen LogP contribution in [0.15, 0.2) is 51.8 Å². The van der Waals surface area contributed by atoms with Gasteiger partial charge in [0.2, 0.25) is 0 Å². The Labute approximate surface area is 135 Å². The SMILES string of the molecule is O=C(O)c1ccc(Cl)c(S(=O)(=O)Cc2ccc(Br)cc2)c1. The van der Waals surface area contributed by atoms with Crippen LogP contribution in [-0.2, 0) is 15.6 Å². The van der Waals surface area contributed by atoms with Crippen molar-refractivity contribution in [2.24, 2.45) is 0 Å². The van der Waals surface area contributed by atoms with Crippen LogP contribution in [0.5, 0.6) is 0 Å². The minimum Gasteiger partial charge on any atom is -0.478 e. The van der Waals surface area contributed by atoms with Crippen LogP contribution >= 0.6 is 27.5 Å². The fourth-order valence-electron chi connectivity index (χ4n) is 1.75. The Morgan fingerprint density at radius 3 is 2.33 bits per heavy atom. The Bertz CT molecular complexity index is 785. The molecule has 0 aliphatic carbocycles. The molecule has 1 N–H and O–H groups in total. The van der Waals surface area contributed by atoms with Crippen LogP contribution in [0.2, 0.25) is 5.02 Å². The molecule has 0 heterocycles. The van der Waals surface area contributed by atoms with Gasteiger partial charge < -0.3 is 5.11 Å². The molecule has 0 aliphatic heterocycles. The van der Waals surface area contributed by atoms with E-state index in [9.17, 15) is 13.2 Å². The van der Waals surface area contributed by atoms with Crippen LogP contribution in [0.25, 0.3) is 0 Å². The quantitative estimate of drug-likeness (QED) is 0.864. The summed E-state index contributed by atoms with van der Waals surface area (Å²) in [7, 11) is -3.72. The van der Waals surface area contributed by atoms with E-state index in [0.717, 1.165) is 10.5 Å². The van der Waals surface area contributed by atoms with E-state index in [0.29, 0.717) is 5.56 Å². The van der Waals surface area contributed by atoms with E-state index in [1.807, 2.05) is 0 Å². The Balaban J connectivity index is 2.41. The summed E-state index contributed by atoms with van der Waals surface area (Å²) in [5, 5.41) is 8.95. The lowest BCUT2D eigenvalue weighted by Gasteiger charge is -2.08. The highest BCUT2D eigenvalue weighted by atomic mass is 79.9. The van der Waals surface area contributed by atoms with Gasteiger partial charge in [-0.25, -0.2) is 13.2 Å². The van der Waals surface area contributed by atoms with Crippen LogP contribution < -0.4 is 0 Å². The fraction of sp³-hybridized carbons (Fsp3) is 0.0714. The number of sulfone groups is 1. The van der Waals surface area contributed by atoms with Gasteiger partial charge in [-0.05, 0) is 35.9 Å². The molecule has 0 fully saturated rings. The summed E-state index contributed by atoms with van der Waals surface area (Å²) in [6.45, 7) is 0. The number of carbonyl (C=O) groups is 1.